The number of rotatable bonds is 68. The zero-order valence-electron chi connectivity index (χ0n) is 64.3. The first-order valence-electron chi connectivity index (χ1n) is 41.4. The van der Waals surface area contributed by atoms with E-state index in [0.717, 1.165) is 109 Å². The van der Waals surface area contributed by atoms with Gasteiger partial charge in [-0.3, -0.25) is 4.79 Å². The Labute approximate surface area is 621 Å². The summed E-state index contributed by atoms with van der Waals surface area (Å²) in [5.74, 6) is -0.265. The molecule has 0 bridgehead atoms. The van der Waals surface area contributed by atoms with Gasteiger partial charge in [-0.05, 0) is 96.3 Å². The Balaban J connectivity index is 1.65. The molecule has 2 saturated heterocycles. The number of hydrogen-bond acceptors (Lipinski definition) is 13. The van der Waals surface area contributed by atoms with E-state index < -0.39 is 86.8 Å². The van der Waals surface area contributed by atoms with Crippen LogP contribution in [0, 0.1) is 0 Å². The zero-order valence-corrected chi connectivity index (χ0v) is 64.3. The molecule has 0 saturated carbocycles. The van der Waals surface area contributed by atoms with Crippen LogP contribution in [-0.2, 0) is 23.7 Å². The van der Waals surface area contributed by atoms with Crippen molar-refractivity contribution in [1.29, 1.82) is 0 Å². The van der Waals surface area contributed by atoms with Crippen molar-refractivity contribution in [2.75, 3.05) is 19.8 Å². The predicted molar refractivity (Wildman–Crippen MR) is 424 cm³/mol. The quantitative estimate of drug-likeness (QED) is 0.0204. The van der Waals surface area contributed by atoms with Crippen molar-refractivity contribution >= 4 is 5.91 Å². The summed E-state index contributed by atoms with van der Waals surface area (Å²) in [6.07, 6.45) is 88.2. The Kier molecular flexibility index (Phi) is 64.8. The van der Waals surface area contributed by atoms with Crippen LogP contribution in [0.2, 0.25) is 0 Å². The van der Waals surface area contributed by atoms with E-state index in [4.69, 9.17) is 18.9 Å². The molecule has 0 aromatic carbocycles. The Bertz CT molecular complexity index is 2230. The monoisotopic (exact) mass is 1430 g/mol. The number of unbranched alkanes of at least 4 members (excludes halogenated alkanes) is 35. The van der Waals surface area contributed by atoms with Crippen molar-refractivity contribution in [2.45, 2.75) is 396 Å². The number of aliphatic hydroxyl groups is 8. The molecule has 0 spiro atoms. The summed E-state index contributed by atoms with van der Waals surface area (Å²) >= 11 is 0. The van der Waals surface area contributed by atoms with Crippen molar-refractivity contribution in [1.82, 2.24) is 5.32 Å². The fraction of sp³-hybridized carbons (Fsp3) is 0.739. The highest BCUT2D eigenvalue weighted by atomic mass is 16.7. The fourth-order valence-corrected chi connectivity index (χ4v) is 12.9. The molecule has 2 fully saturated rings. The maximum atomic E-state index is 13.4. The van der Waals surface area contributed by atoms with Crippen LogP contribution in [0.3, 0.4) is 0 Å². The summed E-state index contributed by atoms with van der Waals surface area (Å²) in [5.41, 5.74) is 0. The molecule has 14 nitrogen and oxygen atoms in total. The number of nitrogens with one attached hydrogen (secondary N) is 1. The van der Waals surface area contributed by atoms with Gasteiger partial charge in [0.2, 0.25) is 5.91 Å². The minimum absolute atomic E-state index is 0.243. The third-order valence-electron chi connectivity index (χ3n) is 19.3. The van der Waals surface area contributed by atoms with E-state index in [1.807, 2.05) is 6.08 Å². The molecule has 2 heterocycles. The molecule has 1 amide bonds. The molecule has 12 atom stereocenters. The molecule has 586 valence electrons. The van der Waals surface area contributed by atoms with Gasteiger partial charge in [0.1, 0.15) is 48.8 Å². The van der Waals surface area contributed by atoms with Crippen LogP contribution in [0.5, 0.6) is 0 Å². The van der Waals surface area contributed by atoms with Gasteiger partial charge in [0.15, 0.2) is 12.6 Å². The van der Waals surface area contributed by atoms with Crippen molar-refractivity contribution in [2.24, 2.45) is 0 Å². The van der Waals surface area contributed by atoms with E-state index >= 15 is 0 Å². The number of allylic oxidation sites excluding steroid dienone is 21. The van der Waals surface area contributed by atoms with Crippen LogP contribution in [0.4, 0.5) is 0 Å². The molecule has 2 aliphatic rings. The van der Waals surface area contributed by atoms with Gasteiger partial charge in [-0.15, -0.1) is 0 Å². The maximum absolute atomic E-state index is 13.4. The number of carbonyl (C=O) groups excluding carboxylic acids is 1. The van der Waals surface area contributed by atoms with Crippen LogP contribution >= 0.6 is 0 Å². The Morgan fingerprint density at radius 3 is 1.04 bits per heavy atom. The molecule has 0 aromatic heterocycles. The van der Waals surface area contributed by atoms with Gasteiger partial charge in [0.05, 0.1) is 32.0 Å². The molecule has 9 N–H and O–H groups in total. The first kappa shape index (κ1) is 94.2. The number of carbonyl (C=O) groups is 1. The first-order valence-corrected chi connectivity index (χ1v) is 41.4. The van der Waals surface area contributed by atoms with Crippen LogP contribution in [0.1, 0.15) is 322 Å². The topological polar surface area (TPSA) is 228 Å². The van der Waals surface area contributed by atoms with E-state index in [2.05, 4.69) is 141 Å². The summed E-state index contributed by atoms with van der Waals surface area (Å²) < 4.78 is 22.9. The van der Waals surface area contributed by atoms with E-state index in [1.54, 1.807) is 6.08 Å². The summed E-state index contributed by atoms with van der Waals surface area (Å²) in [4.78, 5) is 13.4. The minimum Gasteiger partial charge on any atom is -0.394 e. The van der Waals surface area contributed by atoms with Gasteiger partial charge in [-0.1, -0.05) is 353 Å². The van der Waals surface area contributed by atoms with Crippen LogP contribution < -0.4 is 5.32 Å². The van der Waals surface area contributed by atoms with Gasteiger partial charge >= 0.3 is 0 Å². The van der Waals surface area contributed by atoms with Gasteiger partial charge in [-0.25, -0.2) is 0 Å². The van der Waals surface area contributed by atoms with Crippen molar-refractivity contribution < 1.29 is 64.6 Å². The number of amides is 1. The summed E-state index contributed by atoms with van der Waals surface area (Å²) in [6.45, 7) is 2.70. The molecule has 2 aliphatic heterocycles. The molecule has 14 heteroatoms. The third-order valence-corrected chi connectivity index (χ3v) is 19.3. The predicted octanol–water partition coefficient (Wildman–Crippen LogP) is 19.4. The SMILES string of the molecule is CC/C=C\C/C=C\C/C=C\C/C=C\C/C=C\C/C=C\C/C=C\C/C=C\C/C=C\C/C=C\CCCCCCC(=O)NC(COC1OC(CO)C(OC2OC(CO)C(O)C(O)C2O)C(O)C1O)C(O)/C=C/CCCCCCCCCCCCCCCCCCCCCCCCCCCCCCCCC. The molecule has 102 heavy (non-hydrogen) atoms. The number of aliphatic hydroxyl groups excluding tert-OH is 8. The third kappa shape index (κ3) is 52.2. The lowest BCUT2D eigenvalue weighted by atomic mass is 9.97. The highest BCUT2D eigenvalue weighted by Crippen LogP contribution is 2.30. The van der Waals surface area contributed by atoms with E-state index in [-0.39, 0.29) is 18.9 Å². The van der Waals surface area contributed by atoms with E-state index in [9.17, 15) is 45.6 Å². The van der Waals surface area contributed by atoms with Gasteiger partial charge in [0, 0.05) is 6.42 Å². The smallest absolute Gasteiger partial charge is 0.220 e. The maximum Gasteiger partial charge on any atom is 0.220 e. The molecule has 0 aromatic rings. The lowest BCUT2D eigenvalue weighted by Crippen LogP contribution is -2.65. The van der Waals surface area contributed by atoms with E-state index in [0.29, 0.717) is 6.42 Å². The highest BCUT2D eigenvalue weighted by molar-refractivity contribution is 5.76. The Morgan fingerprint density at radius 1 is 0.363 bits per heavy atom. The lowest BCUT2D eigenvalue weighted by molar-refractivity contribution is -0.359. The van der Waals surface area contributed by atoms with Crippen molar-refractivity contribution in [3.63, 3.8) is 0 Å². The second-order valence-corrected chi connectivity index (χ2v) is 28.5. The Hall–Kier alpha value is -3.87. The van der Waals surface area contributed by atoms with Crippen LogP contribution in [0.25, 0.3) is 0 Å². The lowest BCUT2D eigenvalue weighted by Gasteiger charge is -2.46. The molecule has 0 radical (unpaired) electrons. The average molecular weight is 1430 g/mol. The summed E-state index contributed by atoms with van der Waals surface area (Å²) in [7, 11) is 0. The van der Waals surface area contributed by atoms with Gasteiger partial charge < -0.3 is 65.1 Å². The largest absolute Gasteiger partial charge is 0.394 e. The standard InChI is InChI=1S/C88H151NO13/c1-3-5-7-9-11-13-15-17-19-21-23-25-27-29-31-33-35-37-38-40-42-44-46-48-50-52-54-56-58-60-62-64-66-68-70-72-80(93)89-76(75-99-87-85(98)83(96)86(79(74-91)101-87)102-88-84(97)82(95)81(94)78(73-90)100-88)77(92)71-69-67-65-63-61-59-57-55-53-51-49-47-45-43-41-39-36-34-32-30-28-26-24-22-20-18-16-14-12-10-8-6-4-2/h5,7,11,13,17,19,23,25,29,31,35,37,40,42,46,48,52,54,58,60,69,71,76-79,81-88,90-92,94-98H,3-4,6,8-10,12,14-16,18,20-22,24,26-28,30,32-34,36,38-39,41,43-45,47,49-51,53,55-57,59,61-68,70,72-75H2,1-2H3,(H,89,93)/b7-5-,13-11-,19-17-,25-23-,31-29-,37-35-,42-40-,48-46-,54-52-,60-58-,71-69+. The van der Waals surface area contributed by atoms with Crippen LogP contribution in [0.15, 0.2) is 134 Å². The zero-order chi connectivity index (χ0) is 73.7. The number of ether oxygens (including phenoxy) is 4. The normalized spacial score (nSPS) is 22.4. The van der Waals surface area contributed by atoms with E-state index in [1.165, 1.54) is 186 Å². The Morgan fingerprint density at radius 2 is 0.676 bits per heavy atom. The second kappa shape index (κ2) is 70.1. The minimum atomic E-state index is -1.80. The van der Waals surface area contributed by atoms with Gasteiger partial charge in [0.25, 0.3) is 0 Å². The molecular formula is C88H151NO13. The van der Waals surface area contributed by atoms with Crippen molar-refractivity contribution in [3.05, 3.63) is 134 Å². The van der Waals surface area contributed by atoms with Gasteiger partial charge in [-0.2, -0.15) is 0 Å². The first-order chi connectivity index (χ1) is 50.1. The molecule has 12 unspecified atom stereocenters. The highest BCUT2D eigenvalue weighted by Gasteiger charge is 2.51. The molecule has 0 aliphatic carbocycles. The fourth-order valence-electron chi connectivity index (χ4n) is 12.9. The summed E-state index contributed by atoms with van der Waals surface area (Å²) in [6, 6.07) is -0.942. The van der Waals surface area contributed by atoms with Crippen LogP contribution in [-0.4, -0.2) is 140 Å². The molecule has 2 rings (SSSR count). The van der Waals surface area contributed by atoms with Crippen molar-refractivity contribution in [3.8, 4) is 0 Å². The second-order valence-electron chi connectivity index (χ2n) is 28.5. The average Bonchev–Trinajstić information content (AvgIpc) is 0.790. The summed E-state index contributed by atoms with van der Waals surface area (Å²) in [5, 5.41) is 87.7. The molecular weight excluding hydrogens is 1280 g/mol. The number of hydrogen-bond donors (Lipinski definition) is 9.